The minimum atomic E-state index is 0.199. The Morgan fingerprint density at radius 3 is 2.19 bits per heavy atom. The van der Waals surface area contributed by atoms with E-state index in [4.69, 9.17) is 0 Å². The van der Waals surface area contributed by atoms with Crippen molar-refractivity contribution in [1.82, 2.24) is 0 Å². The summed E-state index contributed by atoms with van der Waals surface area (Å²) in [7, 11) is 1.47. The molecule has 0 aromatic heterocycles. The lowest BCUT2D eigenvalue weighted by Crippen LogP contribution is -1.96. The number of halogens is 1. The van der Waals surface area contributed by atoms with Gasteiger partial charge in [-0.2, -0.15) is 0 Å². The molecule has 0 unspecified atom stereocenters. The number of benzene rings is 2. The van der Waals surface area contributed by atoms with Gasteiger partial charge in [0.2, 0.25) is 0 Å². The molecule has 0 spiro atoms. The molecular weight excluding hydrogens is 397 g/mol. The van der Waals surface area contributed by atoms with Crippen LogP contribution in [0.2, 0.25) is 0 Å². The Morgan fingerprint density at radius 2 is 1.62 bits per heavy atom. The molecule has 0 aliphatic carbocycles. The van der Waals surface area contributed by atoms with Gasteiger partial charge in [0.1, 0.15) is 11.5 Å². The first-order valence-corrected chi connectivity index (χ1v) is 9.90. The van der Waals surface area contributed by atoms with Gasteiger partial charge in [0.15, 0.2) is 0 Å². The average Bonchev–Trinajstić information content (AvgIpc) is 2.39. The monoisotopic (exact) mass is 415 g/mol. The van der Waals surface area contributed by atoms with Gasteiger partial charge in [-0.15, -0.1) is 0 Å². The number of aryl methyl sites for hydroxylation is 3. The van der Waals surface area contributed by atoms with E-state index in [0.29, 0.717) is 11.1 Å². The lowest BCUT2D eigenvalue weighted by Gasteiger charge is -2.18. The maximum atomic E-state index is 10.5. The van der Waals surface area contributed by atoms with Crippen molar-refractivity contribution >= 4 is 36.0 Å². The van der Waals surface area contributed by atoms with Crippen LogP contribution in [0.4, 0.5) is 5.69 Å². The second-order valence-electron chi connectivity index (χ2n) is 5.24. The molecule has 112 valence electrons. The molecule has 0 aliphatic heterocycles. The summed E-state index contributed by atoms with van der Waals surface area (Å²) in [5.41, 5.74) is 5.98. The Morgan fingerprint density at radius 1 is 0.952 bits per heavy atom. The highest BCUT2D eigenvalue weighted by molar-refractivity contribution is 14.2. The summed E-state index contributed by atoms with van der Waals surface area (Å²) in [5, 5.41) is 20.8. The predicted octanol–water partition coefficient (Wildman–Crippen LogP) is 5.41. The molecule has 0 heterocycles. The molecule has 0 radical (unpaired) electrons. The summed E-state index contributed by atoms with van der Waals surface area (Å²) < 4.78 is 3.21. The van der Waals surface area contributed by atoms with Crippen molar-refractivity contribution in [2.24, 2.45) is 0 Å². The van der Waals surface area contributed by atoms with Crippen molar-refractivity contribution in [3.63, 3.8) is 0 Å². The summed E-state index contributed by atoms with van der Waals surface area (Å²) in [6, 6.07) is 5.65. The normalized spacial score (nSPS) is 10.7. The number of hydrogen-bond acceptors (Lipinski definition) is 4. The summed E-state index contributed by atoms with van der Waals surface area (Å²) in [4.78, 5) is 0. The highest BCUT2D eigenvalue weighted by Gasteiger charge is 2.19. The molecule has 2 aromatic rings. The second kappa shape index (κ2) is 6.36. The zero-order chi connectivity index (χ0) is 15.7. The van der Waals surface area contributed by atoms with Crippen LogP contribution < -0.4 is 4.72 Å². The van der Waals surface area contributed by atoms with Crippen LogP contribution in [0.3, 0.4) is 0 Å². The molecule has 0 fully saturated rings. The van der Waals surface area contributed by atoms with Crippen LogP contribution in [0.15, 0.2) is 18.2 Å². The molecular formula is C16H18INO2S. The van der Waals surface area contributed by atoms with E-state index in [1.807, 2.05) is 39.8 Å². The Hall–Kier alpha value is -1.08. The van der Waals surface area contributed by atoms with Gasteiger partial charge < -0.3 is 14.9 Å². The smallest absolute Gasteiger partial charge is 0.126 e. The fourth-order valence-corrected chi connectivity index (χ4v) is 3.63. The summed E-state index contributed by atoms with van der Waals surface area (Å²) >= 11 is 2.17. The second-order valence-corrected chi connectivity index (χ2v) is 6.92. The Bertz CT molecular complexity index is 678. The number of phenolic OH excluding ortho intramolecular Hbond substituents is 2. The van der Waals surface area contributed by atoms with Gasteiger partial charge in [0, 0.05) is 47.1 Å². The third-order valence-corrected chi connectivity index (χ3v) is 4.57. The molecule has 0 saturated heterocycles. The maximum absolute atomic E-state index is 10.5. The zero-order valence-electron chi connectivity index (χ0n) is 12.4. The van der Waals surface area contributed by atoms with Gasteiger partial charge in [-0.05, 0) is 62.1 Å². The van der Waals surface area contributed by atoms with Gasteiger partial charge in [0.25, 0.3) is 0 Å². The van der Waals surface area contributed by atoms with Crippen molar-refractivity contribution in [1.29, 1.82) is 0 Å². The van der Waals surface area contributed by atoms with Crippen LogP contribution in [0, 0.1) is 27.7 Å². The van der Waals surface area contributed by atoms with Gasteiger partial charge in [-0.1, -0.05) is 6.07 Å². The van der Waals surface area contributed by atoms with Crippen LogP contribution in [-0.2, 0) is 0 Å². The van der Waals surface area contributed by atoms with Crippen LogP contribution in [-0.4, -0.2) is 10.2 Å². The SMILES string of the molecule is Cc1cc(C)c(-c2c(C)c(NSI)cc(C)c2O)c(O)c1. The number of rotatable bonds is 3. The number of hydrogen-bond donors (Lipinski definition) is 3. The topological polar surface area (TPSA) is 52.5 Å². The molecule has 0 saturated carbocycles. The van der Waals surface area contributed by atoms with Crippen molar-refractivity contribution in [2.45, 2.75) is 27.7 Å². The number of nitrogens with one attached hydrogen (secondary N) is 1. The molecule has 3 nitrogen and oxygen atoms in total. The summed E-state index contributed by atoms with van der Waals surface area (Å²) in [6.45, 7) is 7.70. The fourth-order valence-electron chi connectivity index (χ4n) is 2.63. The lowest BCUT2D eigenvalue weighted by atomic mass is 9.91. The quantitative estimate of drug-likeness (QED) is 0.357. The first-order valence-electron chi connectivity index (χ1n) is 6.54. The number of phenols is 2. The van der Waals surface area contributed by atoms with Crippen LogP contribution >= 0.6 is 30.3 Å². The van der Waals surface area contributed by atoms with E-state index in [1.165, 1.54) is 9.12 Å². The Kier molecular flexibility index (Phi) is 4.93. The van der Waals surface area contributed by atoms with Gasteiger partial charge in [-0.25, -0.2) is 0 Å². The lowest BCUT2D eigenvalue weighted by molar-refractivity contribution is 0.466. The van der Waals surface area contributed by atoms with Crippen molar-refractivity contribution in [3.05, 3.63) is 40.5 Å². The van der Waals surface area contributed by atoms with Crippen molar-refractivity contribution < 1.29 is 10.2 Å². The minimum Gasteiger partial charge on any atom is -0.507 e. The average molecular weight is 415 g/mol. The van der Waals surface area contributed by atoms with Crippen molar-refractivity contribution in [2.75, 3.05) is 4.72 Å². The van der Waals surface area contributed by atoms with E-state index >= 15 is 0 Å². The van der Waals surface area contributed by atoms with Crippen LogP contribution in [0.1, 0.15) is 22.3 Å². The van der Waals surface area contributed by atoms with Crippen LogP contribution in [0.25, 0.3) is 11.1 Å². The van der Waals surface area contributed by atoms with E-state index in [9.17, 15) is 10.2 Å². The van der Waals surface area contributed by atoms with Gasteiger partial charge >= 0.3 is 0 Å². The number of anilines is 1. The highest BCUT2D eigenvalue weighted by Crippen LogP contribution is 2.45. The molecule has 0 aliphatic rings. The molecule has 2 aromatic carbocycles. The highest BCUT2D eigenvalue weighted by atomic mass is 127. The summed E-state index contributed by atoms with van der Waals surface area (Å²) in [5.74, 6) is 0.420. The first-order chi connectivity index (χ1) is 9.86. The molecule has 5 heteroatoms. The maximum Gasteiger partial charge on any atom is 0.126 e. The predicted molar refractivity (Wildman–Crippen MR) is 99.4 cm³/mol. The minimum absolute atomic E-state index is 0.199. The Labute approximate surface area is 141 Å². The molecule has 0 atom stereocenters. The van der Waals surface area contributed by atoms with E-state index < -0.39 is 0 Å². The third-order valence-electron chi connectivity index (χ3n) is 3.61. The molecule has 0 bridgehead atoms. The van der Waals surface area contributed by atoms with E-state index in [0.717, 1.165) is 27.9 Å². The van der Waals surface area contributed by atoms with Crippen LogP contribution in [0.5, 0.6) is 11.5 Å². The van der Waals surface area contributed by atoms with Crippen molar-refractivity contribution in [3.8, 4) is 22.6 Å². The van der Waals surface area contributed by atoms with E-state index in [-0.39, 0.29) is 11.5 Å². The zero-order valence-corrected chi connectivity index (χ0v) is 15.4. The van der Waals surface area contributed by atoms with E-state index in [1.54, 1.807) is 6.07 Å². The summed E-state index contributed by atoms with van der Waals surface area (Å²) in [6.07, 6.45) is 0. The molecule has 2 rings (SSSR count). The van der Waals surface area contributed by atoms with Gasteiger partial charge in [0.05, 0.1) is 0 Å². The molecule has 21 heavy (non-hydrogen) atoms. The van der Waals surface area contributed by atoms with E-state index in [2.05, 4.69) is 25.9 Å². The Balaban J connectivity index is 2.80. The molecule has 3 N–H and O–H groups in total. The fraction of sp³-hybridized carbons (Fsp3) is 0.250. The largest absolute Gasteiger partial charge is 0.507 e. The standard InChI is InChI=1S/C16H18INO2S/c1-8-5-9(2)14(13(19)6-8)15-11(4)12(18-21-17)7-10(3)16(15)20/h5-7,18-20H,1-4H3. The third kappa shape index (κ3) is 3.08. The number of aromatic hydroxyl groups is 2. The van der Waals surface area contributed by atoms with Gasteiger partial charge in [-0.3, -0.25) is 0 Å². The first kappa shape index (κ1) is 16.3. The molecule has 0 amide bonds.